The molecule has 0 aromatic carbocycles. The van der Waals surface area contributed by atoms with Crippen LogP contribution in [0.5, 0.6) is 0 Å². The molecule has 1 aliphatic rings. The highest BCUT2D eigenvalue weighted by molar-refractivity contribution is 5.95. The van der Waals surface area contributed by atoms with Gasteiger partial charge in [-0.05, 0) is 19.9 Å². The number of allylic oxidation sites excluding steroid dienone is 2. The summed E-state index contributed by atoms with van der Waals surface area (Å²) in [6, 6.07) is 0. The van der Waals surface area contributed by atoms with Crippen LogP contribution in [0.15, 0.2) is 23.0 Å². The molecule has 72 valence electrons. The normalized spacial score (nSPS) is 17.2. The summed E-state index contributed by atoms with van der Waals surface area (Å²) in [6.45, 7) is 9.91. The predicted octanol–water partition coefficient (Wildman–Crippen LogP) is 2.81. The zero-order valence-electron chi connectivity index (χ0n) is 8.89. The Morgan fingerprint density at radius 1 is 1.31 bits per heavy atom. The standard InChI is InChI=1S/C11H16O2/c1-7(2)8-6-9(11(3,4)5)13-10(8)12/h6H,1-5H3. The second-order valence-corrected chi connectivity index (χ2v) is 4.56. The molecule has 1 rings (SSSR count). The molecule has 1 aliphatic heterocycles. The molecule has 0 unspecified atom stereocenters. The molecule has 2 heteroatoms. The summed E-state index contributed by atoms with van der Waals surface area (Å²) in [6.07, 6.45) is 1.84. The molecular formula is C11H16O2. The van der Waals surface area contributed by atoms with E-state index in [0.717, 1.165) is 11.3 Å². The maximum atomic E-state index is 11.3. The van der Waals surface area contributed by atoms with Crippen LogP contribution in [0.4, 0.5) is 0 Å². The van der Waals surface area contributed by atoms with Gasteiger partial charge in [0.05, 0.1) is 5.57 Å². The predicted molar refractivity (Wildman–Crippen MR) is 52.0 cm³/mol. The van der Waals surface area contributed by atoms with Crippen LogP contribution in [-0.2, 0) is 9.53 Å². The van der Waals surface area contributed by atoms with E-state index in [9.17, 15) is 4.79 Å². The number of ether oxygens (including phenoxy) is 1. The molecule has 0 aromatic rings. The second kappa shape index (κ2) is 3.02. The summed E-state index contributed by atoms with van der Waals surface area (Å²) >= 11 is 0. The number of hydrogen-bond donors (Lipinski definition) is 0. The first kappa shape index (κ1) is 10.0. The molecule has 0 spiro atoms. The first-order valence-electron chi connectivity index (χ1n) is 4.44. The average Bonchev–Trinajstić information content (AvgIpc) is 2.29. The SMILES string of the molecule is CC(C)=C1C=C(C(C)(C)C)OC1=O. The zero-order chi connectivity index (χ0) is 10.2. The fourth-order valence-electron chi connectivity index (χ4n) is 1.09. The van der Waals surface area contributed by atoms with E-state index in [2.05, 4.69) is 0 Å². The average molecular weight is 180 g/mol. The van der Waals surface area contributed by atoms with Gasteiger partial charge in [-0.3, -0.25) is 0 Å². The minimum absolute atomic E-state index is 0.0904. The van der Waals surface area contributed by atoms with Crippen molar-refractivity contribution in [2.75, 3.05) is 0 Å². The van der Waals surface area contributed by atoms with Crippen molar-refractivity contribution in [1.29, 1.82) is 0 Å². The van der Waals surface area contributed by atoms with E-state index >= 15 is 0 Å². The van der Waals surface area contributed by atoms with Crippen LogP contribution in [0.3, 0.4) is 0 Å². The molecule has 0 saturated carbocycles. The lowest BCUT2D eigenvalue weighted by atomic mass is 9.93. The van der Waals surface area contributed by atoms with Crippen LogP contribution < -0.4 is 0 Å². The van der Waals surface area contributed by atoms with Crippen molar-refractivity contribution in [1.82, 2.24) is 0 Å². The summed E-state index contributed by atoms with van der Waals surface area (Å²) in [5.74, 6) is 0.540. The number of carbonyl (C=O) groups excluding carboxylic acids is 1. The molecule has 0 atom stereocenters. The maximum Gasteiger partial charge on any atom is 0.343 e. The van der Waals surface area contributed by atoms with Gasteiger partial charge in [-0.1, -0.05) is 26.3 Å². The Morgan fingerprint density at radius 3 is 2.08 bits per heavy atom. The summed E-state index contributed by atoms with van der Waals surface area (Å²) in [7, 11) is 0. The Bertz CT molecular complexity index is 297. The lowest BCUT2D eigenvalue weighted by Gasteiger charge is -2.17. The van der Waals surface area contributed by atoms with E-state index in [1.54, 1.807) is 0 Å². The molecule has 13 heavy (non-hydrogen) atoms. The van der Waals surface area contributed by atoms with E-state index in [-0.39, 0.29) is 11.4 Å². The van der Waals surface area contributed by atoms with Crippen LogP contribution in [0, 0.1) is 5.41 Å². The van der Waals surface area contributed by atoms with Crippen molar-refractivity contribution in [3.63, 3.8) is 0 Å². The summed E-state index contributed by atoms with van der Waals surface area (Å²) in [5.41, 5.74) is 1.61. The molecule has 0 amide bonds. The van der Waals surface area contributed by atoms with E-state index in [1.807, 2.05) is 40.7 Å². The summed E-state index contributed by atoms with van der Waals surface area (Å²) < 4.78 is 5.16. The van der Waals surface area contributed by atoms with Crippen LogP contribution in [-0.4, -0.2) is 5.97 Å². The highest BCUT2D eigenvalue weighted by Crippen LogP contribution is 2.33. The number of esters is 1. The van der Waals surface area contributed by atoms with Gasteiger partial charge in [0.1, 0.15) is 5.76 Å². The van der Waals surface area contributed by atoms with E-state index in [1.165, 1.54) is 0 Å². The Kier molecular flexibility index (Phi) is 2.33. The van der Waals surface area contributed by atoms with Gasteiger partial charge >= 0.3 is 5.97 Å². The van der Waals surface area contributed by atoms with Crippen molar-refractivity contribution in [3.8, 4) is 0 Å². The molecule has 0 aliphatic carbocycles. The van der Waals surface area contributed by atoms with Gasteiger partial charge < -0.3 is 4.74 Å². The first-order valence-corrected chi connectivity index (χ1v) is 4.44. The topological polar surface area (TPSA) is 26.3 Å². The van der Waals surface area contributed by atoms with Crippen molar-refractivity contribution in [3.05, 3.63) is 23.0 Å². The minimum atomic E-state index is -0.218. The van der Waals surface area contributed by atoms with E-state index in [4.69, 9.17) is 4.74 Å². The van der Waals surface area contributed by atoms with Crippen molar-refractivity contribution >= 4 is 5.97 Å². The monoisotopic (exact) mass is 180 g/mol. The molecule has 0 aromatic heterocycles. The Balaban J connectivity index is 3.05. The minimum Gasteiger partial charge on any atom is -0.427 e. The number of carbonyl (C=O) groups is 1. The second-order valence-electron chi connectivity index (χ2n) is 4.56. The summed E-state index contributed by atoms with van der Waals surface area (Å²) in [4.78, 5) is 11.3. The fourth-order valence-corrected chi connectivity index (χ4v) is 1.09. The molecule has 2 nitrogen and oxygen atoms in total. The lowest BCUT2D eigenvalue weighted by Crippen LogP contribution is -2.11. The molecule has 0 fully saturated rings. The molecule has 0 N–H and O–H groups in total. The summed E-state index contributed by atoms with van der Waals surface area (Å²) in [5, 5.41) is 0. The quantitative estimate of drug-likeness (QED) is 0.423. The Labute approximate surface area is 79.3 Å². The molecule has 0 radical (unpaired) electrons. The van der Waals surface area contributed by atoms with Gasteiger partial charge in [0.25, 0.3) is 0 Å². The maximum absolute atomic E-state index is 11.3. The Morgan fingerprint density at radius 2 is 1.85 bits per heavy atom. The van der Waals surface area contributed by atoms with Gasteiger partial charge in [0, 0.05) is 5.41 Å². The zero-order valence-corrected chi connectivity index (χ0v) is 8.89. The smallest absolute Gasteiger partial charge is 0.343 e. The van der Waals surface area contributed by atoms with Crippen LogP contribution in [0.2, 0.25) is 0 Å². The lowest BCUT2D eigenvalue weighted by molar-refractivity contribution is -0.134. The van der Waals surface area contributed by atoms with Crippen LogP contribution in [0.25, 0.3) is 0 Å². The number of hydrogen-bond acceptors (Lipinski definition) is 2. The molecule has 0 bridgehead atoms. The molecule has 0 saturated heterocycles. The largest absolute Gasteiger partial charge is 0.427 e. The molecule has 1 heterocycles. The number of cyclic esters (lactones) is 1. The van der Waals surface area contributed by atoms with Gasteiger partial charge in [-0.2, -0.15) is 0 Å². The van der Waals surface area contributed by atoms with Crippen molar-refractivity contribution in [2.24, 2.45) is 5.41 Å². The first-order chi connectivity index (χ1) is 5.82. The van der Waals surface area contributed by atoms with Crippen LogP contribution >= 0.6 is 0 Å². The van der Waals surface area contributed by atoms with E-state index < -0.39 is 0 Å². The van der Waals surface area contributed by atoms with Crippen molar-refractivity contribution in [2.45, 2.75) is 34.6 Å². The highest BCUT2D eigenvalue weighted by atomic mass is 16.5. The van der Waals surface area contributed by atoms with Gasteiger partial charge in [0.2, 0.25) is 0 Å². The Hall–Kier alpha value is -1.05. The number of rotatable bonds is 0. The third-order valence-corrected chi connectivity index (χ3v) is 1.98. The van der Waals surface area contributed by atoms with E-state index in [0.29, 0.717) is 5.57 Å². The van der Waals surface area contributed by atoms with Crippen LogP contribution in [0.1, 0.15) is 34.6 Å². The highest BCUT2D eigenvalue weighted by Gasteiger charge is 2.29. The van der Waals surface area contributed by atoms with Gasteiger partial charge in [0.15, 0.2) is 0 Å². The molecular weight excluding hydrogens is 164 g/mol. The van der Waals surface area contributed by atoms with Crippen molar-refractivity contribution < 1.29 is 9.53 Å². The third-order valence-electron chi connectivity index (χ3n) is 1.98. The fraction of sp³-hybridized carbons (Fsp3) is 0.545. The van der Waals surface area contributed by atoms with Gasteiger partial charge in [-0.15, -0.1) is 0 Å². The third kappa shape index (κ3) is 2.00. The van der Waals surface area contributed by atoms with Gasteiger partial charge in [-0.25, -0.2) is 4.79 Å².